The molecule has 2 rings (SSSR count). The van der Waals surface area contributed by atoms with Crippen LogP contribution in [0.5, 0.6) is 0 Å². The molecule has 1 heterocycles. The predicted molar refractivity (Wildman–Crippen MR) is 81.0 cm³/mol. The third kappa shape index (κ3) is 3.55. The average molecular weight is 350 g/mol. The van der Waals surface area contributed by atoms with Crippen molar-refractivity contribution in [2.45, 2.75) is 4.90 Å². The van der Waals surface area contributed by atoms with Gasteiger partial charge in [0.15, 0.2) is 0 Å². The second-order valence-electron chi connectivity index (χ2n) is 3.98. The molecule has 0 aliphatic rings. The highest BCUT2D eigenvalue weighted by Crippen LogP contribution is 2.27. The van der Waals surface area contributed by atoms with Gasteiger partial charge in [-0.05, 0) is 24.3 Å². The molecule has 0 aliphatic heterocycles. The molecule has 21 heavy (non-hydrogen) atoms. The molecule has 0 amide bonds. The first-order chi connectivity index (χ1) is 9.83. The maximum Gasteiger partial charge on any atom is 0.263 e. The summed E-state index contributed by atoms with van der Waals surface area (Å²) in [6, 6.07) is 4.58. The number of hydrogen-bond acceptors (Lipinski definition) is 4. The van der Waals surface area contributed by atoms with E-state index in [0.29, 0.717) is 5.82 Å². The minimum Gasteiger partial charge on any atom is -0.372 e. The van der Waals surface area contributed by atoms with E-state index in [1.165, 1.54) is 12.1 Å². The molecule has 0 aliphatic carbocycles. The van der Waals surface area contributed by atoms with Crippen molar-refractivity contribution in [3.05, 3.63) is 46.3 Å². The lowest BCUT2D eigenvalue weighted by Crippen LogP contribution is -2.14. The van der Waals surface area contributed by atoms with Crippen LogP contribution in [0.1, 0.15) is 0 Å². The molecule has 0 unspecified atom stereocenters. The van der Waals surface area contributed by atoms with Gasteiger partial charge in [0.25, 0.3) is 10.0 Å². The van der Waals surface area contributed by atoms with Gasteiger partial charge < -0.3 is 5.32 Å². The Morgan fingerprint density at radius 2 is 1.90 bits per heavy atom. The van der Waals surface area contributed by atoms with Gasteiger partial charge >= 0.3 is 0 Å². The zero-order chi connectivity index (χ0) is 15.6. The number of pyridine rings is 1. The third-order valence-corrected chi connectivity index (χ3v) is 4.47. The summed E-state index contributed by atoms with van der Waals surface area (Å²) in [5.74, 6) is -0.207. The first-order valence-electron chi connectivity index (χ1n) is 5.64. The third-order valence-electron chi connectivity index (χ3n) is 2.54. The minimum absolute atomic E-state index is 0.0514. The van der Waals surface area contributed by atoms with Crippen LogP contribution < -0.4 is 10.0 Å². The number of nitrogens with one attached hydrogen (secondary N) is 2. The molecule has 1 aromatic heterocycles. The molecule has 9 heteroatoms. The standard InChI is InChI=1S/C12H10Cl2FN3O2S/c1-16-12-10(14)5-8(6-17-12)21(19,20)18-11-3-2-7(15)4-9(11)13/h2-6,18H,1H3,(H,16,17). The van der Waals surface area contributed by atoms with E-state index < -0.39 is 15.8 Å². The first kappa shape index (κ1) is 15.8. The molecule has 0 saturated heterocycles. The van der Waals surface area contributed by atoms with Crippen LogP contribution in [0, 0.1) is 5.82 Å². The number of nitrogens with zero attached hydrogens (tertiary/aromatic N) is 1. The van der Waals surface area contributed by atoms with Crippen LogP contribution in [-0.4, -0.2) is 20.4 Å². The zero-order valence-corrected chi connectivity index (χ0v) is 13.0. The lowest BCUT2D eigenvalue weighted by Gasteiger charge is -2.10. The molecule has 2 aromatic rings. The molecule has 1 aromatic carbocycles. The van der Waals surface area contributed by atoms with Crippen LogP contribution in [-0.2, 0) is 10.0 Å². The molecular weight excluding hydrogens is 340 g/mol. The summed E-state index contributed by atoms with van der Waals surface area (Å²) in [6.07, 6.45) is 1.15. The highest BCUT2D eigenvalue weighted by molar-refractivity contribution is 7.92. The van der Waals surface area contributed by atoms with E-state index in [-0.39, 0.29) is 20.6 Å². The number of anilines is 2. The summed E-state index contributed by atoms with van der Waals surface area (Å²) in [4.78, 5) is 3.75. The Labute approximate surface area is 131 Å². The monoisotopic (exact) mass is 349 g/mol. The number of hydrogen-bond donors (Lipinski definition) is 2. The number of rotatable bonds is 4. The Bertz CT molecular complexity index is 784. The molecule has 0 bridgehead atoms. The van der Waals surface area contributed by atoms with Crippen LogP contribution >= 0.6 is 23.2 Å². The van der Waals surface area contributed by atoms with Crippen molar-refractivity contribution in [1.82, 2.24) is 4.98 Å². The molecule has 0 fully saturated rings. The van der Waals surface area contributed by atoms with Crippen LogP contribution in [0.3, 0.4) is 0 Å². The molecule has 0 radical (unpaired) electrons. The van der Waals surface area contributed by atoms with Crippen molar-refractivity contribution in [3.8, 4) is 0 Å². The smallest absolute Gasteiger partial charge is 0.263 e. The normalized spacial score (nSPS) is 11.2. The minimum atomic E-state index is -3.93. The van der Waals surface area contributed by atoms with Gasteiger partial charge in [-0.3, -0.25) is 4.72 Å². The van der Waals surface area contributed by atoms with Crippen molar-refractivity contribution >= 4 is 44.7 Å². The van der Waals surface area contributed by atoms with Crippen LogP contribution in [0.2, 0.25) is 10.0 Å². The number of halogens is 3. The van der Waals surface area contributed by atoms with Crippen molar-refractivity contribution in [1.29, 1.82) is 0 Å². The van der Waals surface area contributed by atoms with Gasteiger partial charge in [-0.2, -0.15) is 0 Å². The topological polar surface area (TPSA) is 71.1 Å². The van der Waals surface area contributed by atoms with Gasteiger partial charge in [0.05, 0.1) is 15.7 Å². The Morgan fingerprint density at radius 1 is 1.19 bits per heavy atom. The van der Waals surface area contributed by atoms with Crippen molar-refractivity contribution in [2.75, 3.05) is 17.1 Å². The number of sulfonamides is 1. The van der Waals surface area contributed by atoms with Crippen molar-refractivity contribution in [2.24, 2.45) is 0 Å². The van der Waals surface area contributed by atoms with E-state index in [2.05, 4.69) is 15.0 Å². The summed E-state index contributed by atoms with van der Waals surface area (Å²) in [5, 5.41) is 2.82. The lowest BCUT2D eigenvalue weighted by molar-refractivity contribution is 0.600. The second-order valence-corrected chi connectivity index (χ2v) is 6.48. The van der Waals surface area contributed by atoms with Gasteiger partial charge in [0.1, 0.15) is 16.5 Å². The molecule has 0 saturated carbocycles. The van der Waals surface area contributed by atoms with Crippen LogP contribution in [0.25, 0.3) is 0 Å². The van der Waals surface area contributed by atoms with E-state index in [1.54, 1.807) is 7.05 Å². The lowest BCUT2D eigenvalue weighted by atomic mass is 10.3. The predicted octanol–water partition coefficient (Wildman–Crippen LogP) is 3.37. The SMILES string of the molecule is CNc1ncc(S(=O)(=O)Nc2ccc(F)cc2Cl)cc1Cl. The molecule has 0 atom stereocenters. The van der Waals surface area contributed by atoms with E-state index in [4.69, 9.17) is 23.2 Å². The van der Waals surface area contributed by atoms with E-state index >= 15 is 0 Å². The van der Waals surface area contributed by atoms with E-state index in [9.17, 15) is 12.8 Å². The zero-order valence-electron chi connectivity index (χ0n) is 10.7. The van der Waals surface area contributed by atoms with E-state index in [0.717, 1.165) is 18.3 Å². The highest BCUT2D eigenvalue weighted by atomic mass is 35.5. The second kappa shape index (κ2) is 6.05. The molecule has 0 spiro atoms. The largest absolute Gasteiger partial charge is 0.372 e. The fourth-order valence-corrected chi connectivity index (χ4v) is 3.17. The molecule has 112 valence electrons. The summed E-state index contributed by atoms with van der Waals surface area (Å²) < 4.78 is 39.6. The first-order valence-corrected chi connectivity index (χ1v) is 7.88. The van der Waals surface area contributed by atoms with E-state index in [1.807, 2.05) is 0 Å². The Balaban J connectivity index is 2.36. The fraction of sp³-hybridized carbons (Fsp3) is 0.0833. The van der Waals surface area contributed by atoms with Gasteiger partial charge in [-0.1, -0.05) is 23.2 Å². The molecular formula is C12H10Cl2FN3O2S. The van der Waals surface area contributed by atoms with Gasteiger partial charge in [0, 0.05) is 13.2 Å². The summed E-state index contributed by atoms with van der Waals surface area (Å²) in [6.45, 7) is 0. The summed E-state index contributed by atoms with van der Waals surface area (Å²) >= 11 is 11.7. The molecule has 5 nitrogen and oxygen atoms in total. The van der Waals surface area contributed by atoms with Crippen molar-refractivity contribution in [3.63, 3.8) is 0 Å². The fourth-order valence-electron chi connectivity index (χ4n) is 1.53. The Hall–Kier alpha value is -1.57. The van der Waals surface area contributed by atoms with Gasteiger partial charge in [-0.25, -0.2) is 17.8 Å². The summed E-state index contributed by atoms with van der Waals surface area (Å²) in [7, 11) is -2.32. The number of aromatic nitrogens is 1. The maximum atomic E-state index is 12.9. The van der Waals surface area contributed by atoms with Crippen LogP contribution in [0.4, 0.5) is 15.9 Å². The Morgan fingerprint density at radius 3 is 2.48 bits per heavy atom. The quantitative estimate of drug-likeness (QED) is 0.887. The number of benzene rings is 1. The van der Waals surface area contributed by atoms with Crippen LogP contribution in [0.15, 0.2) is 35.4 Å². The van der Waals surface area contributed by atoms with Crippen molar-refractivity contribution < 1.29 is 12.8 Å². The average Bonchev–Trinajstić information content (AvgIpc) is 2.42. The Kier molecular flexibility index (Phi) is 4.55. The maximum absolute atomic E-state index is 12.9. The summed E-state index contributed by atoms with van der Waals surface area (Å²) in [5.41, 5.74) is 0.0619. The molecule has 2 N–H and O–H groups in total. The van der Waals surface area contributed by atoms with Gasteiger partial charge in [-0.15, -0.1) is 0 Å². The highest BCUT2D eigenvalue weighted by Gasteiger charge is 2.18. The van der Waals surface area contributed by atoms with Gasteiger partial charge in [0.2, 0.25) is 0 Å².